The molecule has 15 rings (SSSR count). The van der Waals surface area contributed by atoms with Gasteiger partial charge in [0.25, 0.3) is 0 Å². The lowest BCUT2D eigenvalue weighted by molar-refractivity contribution is 0.759. The molecular formula is C80H56N2. The van der Waals surface area contributed by atoms with Gasteiger partial charge in [0.2, 0.25) is 0 Å². The molecule has 0 saturated heterocycles. The Labute approximate surface area is 480 Å². The molecule has 2 heteroatoms. The minimum absolute atomic E-state index is 0.696. The molecule has 13 aromatic carbocycles. The molecule has 0 spiro atoms. The summed E-state index contributed by atoms with van der Waals surface area (Å²) < 4.78 is 0. The number of nitrogens with zero attached hydrogens (tertiary/aromatic N) is 2. The largest absolute Gasteiger partial charge is 0.310 e. The maximum Gasteiger partial charge on any atom is 0.0714 e. The lowest BCUT2D eigenvalue weighted by atomic mass is 9.66. The second-order valence-corrected chi connectivity index (χ2v) is 21.5. The van der Waals surface area contributed by atoms with Crippen molar-refractivity contribution in [1.82, 2.24) is 0 Å². The highest BCUT2D eigenvalue weighted by molar-refractivity contribution is 6.01. The van der Waals surface area contributed by atoms with Crippen LogP contribution in [0.1, 0.15) is 44.5 Å². The van der Waals surface area contributed by atoms with Crippen molar-refractivity contribution in [3.05, 3.63) is 384 Å². The van der Waals surface area contributed by atoms with Crippen LogP contribution < -0.4 is 9.80 Å². The molecule has 0 N–H and O–H groups in total. The Kier molecular flexibility index (Phi) is 12.0. The van der Waals surface area contributed by atoms with E-state index < -0.39 is 10.8 Å². The quantitative estimate of drug-likeness (QED) is 0.120. The molecule has 0 fully saturated rings. The monoisotopic (exact) mass is 1040 g/mol. The van der Waals surface area contributed by atoms with Gasteiger partial charge >= 0.3 is 0 Å². The summed E-state index contributed by atoms with van der Waals surface area (Å²) in [6.45, 7) is 0. The lowest BCUT2D eigenvalue weighted by Crippen LogP contribution is -2.30. The van der Waals surface area contributed by atoms with Crippen molar-refractivity contribution in [3.8, 4) is 44.5 Å². The number of anilines is 6. The van der Waals surface area contributed by atoms with Crippen molar-refractivity contribution in [2.45, 2.75) is 10.8 Å². The standard InChI is InChI=1S/C80H56N2/c1-9-26-57(27-10-1)59-44-48-67(49-45-59)81(65-38-21-7-22-39-65)69-52-53-70-71-55-76-72(56-75(71)80(74(70)54-69,63-34-17-5-18-35-63)64-36-19-6-20-37-64)78-73(79(76,61-30-13-3-14-31-61)62-32-15-4-16-33-62)42-25-43-77(78)82(66-40-23-8-24-41-66)68-50-46-60(47-51-68)58-28-11-2-12-29-58/h1-56H. The summed E-state index contributed by atoms with van der Waals surface area (Å²) in [5, 5.41) is 0. The summed E-state index contributed by atoms with van der Waals surface area (Å²) in [6, 6.07) is 126. The summed E-state index contributed by atoms with van der Waals surface area (Å²) in [4.78, 5) is 4.89. The minimum atomic E-state index is -0.732. The molecule has 0 bridgehead atoms. The maximum atomic E-state index is 2.61. The molecule has 386 valence electrons. The predicted molar refractivity (Wildman–Crippen MR) is 341 cm³/mol. The van der Waals surface area contributed by atoms with E-state index >= 15 is 0 Å². The Balaban J connectivity index is 1.03. The van der Waals surface area contributed by atoms with Crippen molar-refractivity contribution < 1.29 is 0 Å². The van der Waals surface area contributed by atoms with Gasteiger partial charge in [0.1, 0.15) is 0 Å². The fourth-order valence-corrected chi connectivity index (χ4v) is 13.7. The first-order valence-corrected chi connectivity index (χ1v) is 28.4. The third kappa shape index (κ3) is 7.79. The fraction of sp³-hybridized carbons (Fsp3) is 0.0250. The number of para-hydroxylation sites is 2. The van der Waals surface area contributed by atoms with Crippen LogP contribution in [0.25, 0.3) is 44.5 Å². The predicted octanol–water partition coefficient (Wildman–Crippen LogP) is 20.7. The van der Waals surface area contributed by atoms with Crippen LogP contribution in [0, 0.1) is 0 Å². The number of benzene rings is 13. The van der Waals surface area contributed by atoms with Gasteiger partial charge in [-0.2, -0.15) is 0 Å². The van der Waals surface area contributed by atoms with Crippen LogP contribution in [-0.4, -0.2) is 0 Å². The van der Waals surface area contributed by atoms with Gasteiger partial charge in [-0.1, -0.05) is 261 Å². The van der Waals surface area contributed by atoms with Gasteiger partial charge in [-0.25, -0.2) is 0 Å². The highest BCUT2D eigenvalue weighted by atomic mass is 15.1. The molecule has 0 saturated carbocycles. The SMILES string of the molecule is c1ccc(-c2ccc(N(c3ccccc3)c3ccc4c(c3)C(c3ccccc3)(c3ccccc3)c3cc5c(cc3-4)C(c3ccccc3)(c3ccccc3)c3cccc(N(c4ccccc4)c4ccc(-c6ccccc6)cc4)c3-5)cc2)cc1. The average Bonchev–Trinajstić information content (AvgIpc) is 2.44. The van der Waals surface area contributed by atoms with Crippen LogP contribution in [0.4, 0.5) is 34.1 Å². The van der Waals surface area contributed by atoms with Crippen LogP contribution in [0.3, 0.4) is 0 Å². The normalized spacial score (nSPS) is 13.1. The van der Waals surface area contributed by atoms with E-state index in [9.17, 15) is 0 Å². The summed E-state index contributed by atoms with van der Waals surface area (Å²) in [6.07, 6.45) is 0. The summed E-state index contributed by atoms with van der Waals surface area (Å²) in [5.41, 5.74) is 24.6. The molecule has 0 aromatic heterocycles. The van der Waals surface area contributed by atoms with Crippen LogP contribution in [0.15, 0.2) is 340 Å². The van der Waals surface area contributed by atoms with E-state index in [1.165, 1.54) is 89.0 Å². The van der Waals surface area contributed by atoms with Crippen molar-refractivity contribution in [2.24, 2.45) is 0 Å². The Hall–Kier alpha value is -10.5. The van der Waals surface area contributed by atoms with E-state index in [4.69, 9.17) is 0 Å². The van der Waals surface area contributed by atoms with Gasteiger partial charge in [-0.05, 0) is 162 Å². The Morgan fingerprint density at radius 2 is 0.524 bits per heavy atom. The molecule has 2 aliphatic rings. The average molecular weight is 1050 g/mol. The second-order valence-electron chi connectivity index (χ2n) is 21.5. The van der Waals surface area contributed by atoms with Crippen LogP contribution in [-0.2, 0) is 10.8 Å². The van der Waals surface area contributed by atoms with Crippen molar-refractivity contribution in [3.63, 3.8) is 0 Å². The second kappa shape index (κ2) is 20.3. The molecule has 0 unspecified atom stereocenters. The first-order chi connectivity index (χ1) is 40.7. The number of fused-ring (bicyclic) bond motifs is 6. The van der Waals surface area contributed by atoms with Gasteiger partial charge in [0, 0.05) is 34.0 Å². The van der Waals surface area contributed by atoms with E-state index in [1.54, 1.807) is 0 Å². The molecule has 0 aliphatic heterocycles. The minimum Gasteiger partial charge on any atom is -0.310 e. The lowest BCUT2D eigenvalue weighted by Gasteiger charge is -2.36. The van der Waals surface area contributed by atoms with Crippen molar-refractivity contribution in [1.29, 1.82) is 0 Å². The van der Waals surface area contributed by atoms with E-state index in [0.29, 0.717) is 0 Å². The highest BCUT2D eigenvalue weighted by Gasteiger charge is 2.52. The maximum absolute atomic E-state index is 2.61. The number of rotatable bonds is 12. The van der Waals surface area contributed by atoms with Crippen molar-refractivity contribution in [2.75, 3.05) is 9.80 Å². The van der Waals surface area contributed by atoms with Crippen LogP contribution >= 0.6 is 0 Å². The highest BCUT2D eigenvalue weighted by Crippen LogP contribution is 2.65. The molecule has 0 heterocycles. The molecular weight excluding hydrogens is 989 g/mol. The van der Waals surface area contributed by atoms with Gasteiger partial charge < -0.3 is 9.80 Å². The molecule has 82 heavy (non-hydrogen) atoms. The zero-order chi connectivity index (χ0) is 54.5. The van der Waals surface area contributed by atoms with Gasteiger partial charge in [-0.3, -0.25) is 0 Å². The first-order valence-electron chi connectivity index (χ1n) is 28.4. The third-order valence-electron chi connectivity index (χ3n) is 17.2. The van der Waals surface area contributed by atoms with Crippen molar-refractivity contribution >= 4 is 34.1 Å². The number of hydrogen-bond donors (Lipinski definition) is 0. The van der Waals surface area contributed by atoms with E-state index in [-0.39, 0.29) is 0 Å². The smallest absolute Gasteiger partial charge is 0.0714 e. The third-order valence-corrected chi connectivity index (χ3v) is 17.2. The summed E-state index contributed by atoms with van der Waals surface area (Å²) in [7, 11) is 0. The zero-order valence-corrected chi connectivity index (χ0v) is 45.2. The summed E-state index contributed by atoms with van der Waals surface area (Å²) in [5.74, 6) is 0. The Morgan fingerprint density at radius 1 is 0.195 bits per heavy atom. The molecule has 0 amide bonds. The molecule has 2 aliphatic carbocycles. The van der Waals surface area contributed by atoms with Gasteiger partial charge in [0.15, 0.2) is 0 Å². The summed E-state index contributed by atoms with van der Waals surface area (Å²) >= 11 is 0. The topological polar surface area (TPSA) is 6.48 Å². The fourth-order valence-electron chi connectivity index (χ4n) is 13.7. The zero-order valence-electron chi connectivity index (χ0n) is 45.2. The molecule has 0 atom stereocenters. The van der Waals surface area contributed by atoms with Gasteiger partial charge in [-0.15, -0.1) is 0 Å². The van der Waals surface area contributed by atoms with E-state index in [2.05, 4.69) is 350 Å². The Morgan fingerprint density at radius 3 is 0.988 bits per heavy atom. The van der Waals surface area contributed by atoms with E-state index in [1.807, 2.05) is 0 Å². The molecule has 0 radical (unpaired) electrons. The van der Waals surface area contributed by atoms with Gasteiger partial charge in [0.05, 0.1) is 16.5 Å². The molecule has 2 nitrogen and oxygen atoms in total. The van der Waals surface area contributed by atoms with E-state index in [0.717, 1.165) is 34.1 Å². The molecule has 13 aromatic rings. The van der Waals surface area contributed by atoms with Crippen LogP contribution in [0.2, 0.25) is 0 Å². The first kappa shape index (κ1) is 48.6. The Bertz CT molecular complexity index is 4300. The number of hydrogen-bond acceptors (Lipinski definition) is 2. The van der Waals surface area contributed by atoms with Crippen LogP contribution in [0.5, 0.6) is 0 Å².